The first kappa shape index (κ1) is 13.9. The third-order valence-corrected chi connectivity index (χ3v) is 3.75. The monoisotopic (exact) mass is 297 g/mol. The van der Waals surface area contributed by atoms with Crippen molar-refractivity contribution >= 4 is 15.9 Å². The van der Waals surface area contributed by atoms with Gasteiger partial charge in [-0.3, -0.25) is 0 Å². The molecule has 17 heavy (non-hydrogen) atoms. The van der Waals surface area contributed by atoms with Crippen LogP contribution in [0.4, 0.5) is 0 Å². The summed E-state index contributed by atoms with van der Waals surface area (Å²) in [5.41, 5.74) is 0.589. The smallest absolute Gasteiger partial charge is 0.124 e. The van der Waals surface area contributed by atoms with Crippen molar-refractivity contribution in [3.8, 4) is 17.6 Å². The predicted molar refractivity (Wildman–Crippen MR) is 70.8 cm³/mol. The van der Waals surface area contributed by atoms with Crippen LogP contribution in [-0.4, -0.2) is 19.0 Å². The summed E-state index contributed by atoms with van der Waals surface area (Å²) in [5.74, 6) is 1.30. The predicted octanol–water partition coefficient (Wildman–Crippen LogP) is 3.37. The van der Waals surface area contributed by atoms with Crippen molar-refractivity contribution in [2.45, 2.75) is 13.8 Å². The number of rotatable bonds is 5. The largest absolute Gasteiger partial charge is 0.497 e. The fraction of sp³-hybridized carbons (Fsp3) is 0.462. The maximum Gasteiger partial charge on any atom is 0.124 e. The topological polar surface area (TPSA) is 42.2 Å². The number of methoxy groups -OCH3 is 1. The molecule has 0 saturated heterocycles. The number of hydrogen-bond donors (Lipinski definition) is 0. The van der Waals surface area contributed by atoms with E-state index < -0.39 is 0 Å². The average molecular weight is 298 g/mol. The van der Waals surface area contributed by atoms with Gasteiger partial charge in [-0.25, -0.2) is 0 Å². The highest BCUT2D eigenvalue weighted by molar-refractivity contribution is 9.09. The van der Waals surface area contributed by atoms with Crippen LogP contribution in [0.1, 0.15) is 19.4 Å². The Bertz CT molecular complexity index is 424. The lowest BCUT2D eigenvalue weighted by Gasteiger charge is -2.22. The molecule has 1 aromatic carbocycles. The third-order valence-electron chi connectivity index (χ3n) is 2.24. The molecule has 4 heteroatoms. The van der Waals surface area contributed by atoms with Gasteiger partial charge in [-0.05, 0) is 12.1 Å². The Morgan fingerprint density at radius 2 is 1.94 bits per heavy atom. The minimum Gasteiger partial charge on any atom is -0.497 e. The van der Waals surface area contributed by atoms with Crippen molar-refractivity contribution in [2.75, 3.05) is 19.0 Å². The first-order valence-corrected chi connectivity index (χ1v) is 6.41. The molecular formula is C13H16BrNO2. The number of alkyl halides is 1. The molecule has 0 aliphatic heterocycles. The number of ether oxygens (including phenoxy) is 2. The van der Waals surface area contributed by atoms with Gasteiger partial charge in [0.15, 0.2) is 0 Å². The van der Waals surface area contributed by atoms with Gasteiger partial charge in [0.25, 0.3) is 0 Å². The fourth-order valence-electron chi connectivity index (χ4n) is 1.15. The molecule has 0 N–H and O–H groups in total. The lowest BCUT2D eigenvalue weighted by Crippen LogP contribution is -2.22. The van der Waals surface area contributed by atoms with Crippen LogP contribution >= 0.6 is 15.9 Å². The molecule has 0 aromatic heterocycles. The molecular weight excluding hydrogens is 282 g/mol. The van der Waals surface area contributed by atoms with E-state index in [0.29, 0.717) is 23.7 Å². The first-order valence-electron chi connectivity index (χ1n) is 5.29. The van der Waals surface area contributed by atoms with E-state index in [4.69, 9.17) is 14.7 Å². The summed E-state index contributed by atoms with van der Waals surface area (Å²) >= 11 is 3.44. The second-order valence-corrected chi connectivity index (χ2v) is 5.16. The molecule has 0 fully saturated rings. The van der Waals surface area contributed by atoms with Crippen molar-refractivity contribution in [1.29, 1.82) is 5.26 Å². The lowest BCUT2D eigenvalue weighted by atomic mass is 9.98. The van der Waals surface area contributed by atoms with Gasteiger partial charge in [0.2, 0.25) is 0 Å². The number of hydrogen-bond acceptors (Lipinski definition) is 3. The Balaban J connectivity index is 2.81. The summed E-state index contributed by atoms with van der Waals surface area (Å²) in [5, 5.41) is 9.74. The van der Waals surface area contributed by atoms with Gasteiger partial charge >= 0.3 is 0 Å². The summed E-state index contributed by atoms with van der Waals surface area (Å²) < 4.78 is 10.8. The minimum absolute atomic E-state index is 0.0515. The van der Waals surface area contributed by atoms with Crippen molar-refractivity contribution in [3.63, 3.8) is 0 Å². The first-order chi connectivity index (χ1) is 8.00. The van der Waals surface area contributed by atoms with Crippen LogP contribution in [0.2, 0.25) is 0 Å². The molecule has 0 aliphatic carbocycles. The molecule has 3 nitrogen and oxygen atoms in total. The Hall–Kier alpha value is -1.21. The van der Waals surface area contributed by atoms with E-state index >= 15 is 0 Å². The van der Waals surface area contributed by atoms with Gasteiger partial charge in [0, 0.05) is 16.8 Å². The SMILES string of the molecule is COc1cc(C#N)cc(OCC(C)(C)CBr)c1. The molecule has 1 rings (SSSR count). The maximum absolute atomic E-state index is 8.89. The van der Waals surface area contributed by atoms with Gasteiger partial charge in [-0.2, -0.15) is 5.26 Å². The molecule has 1 aromatic rings. The second-order valence-electron chi connectivity index (χ2n) is 4.60. The molecule has 0 amide bonds. The van der Waals surface area contributed by atoms with E-state index in [2.05, 4.69) is 35.8 Å². The lowest BCUT2D eigenvalue weighted by molar-refractivity contribution is 0.202. The quantitative estimate of drug-likeness (QED) is 0.783. The fourth-order valence-corrected chi connectivity index (χ4v) is 1.32. The zero-order valence-electron chi connectivity index (χ0n) is 10.3. The highest BCUT2D eigenvalue weighted by Gasteiger charge is 2.17. The minimum atomic E-state index is 0.0515. The normalized spacial score (nSPS) is 10.8. The van der Waals surface area contributed by atoms with E-state index in [-0.39, 0.29) is 5.41 Å². The van der Waals surface area contributed by atoms with Crippen LogP contribution < -0.4 is 9.47 Å². The van der Waals surface area contributed by atoms with Gasteiger partial charge in [-0.1, -0.05) is 29.8 Å². The highest BCUT2D eigenvalue weighted by Crippen LogP contribution is 2.25. The van der Waals surface area contributed by atoms with Crippen LogP contribution in [0.5, 0.6) is 11.5 Å². The maximum atomic E-state index is 8.89. The zero-order chi connectivity index (χ0) is 12.9. The average Bonchev–Trinajstić information content (AvgIpc) is 2.36. The molecule has 92 valence electrons. The van der Waals surface area contributed by atoms with Crippen molar-refractivity contribution in [2.24, 2.45) is 5.41 Å². The number of nitrogens with zero attached hydrogens (tertiary/aromatic N) is 1. The Morgan fingerprint density at radius 1 is 1.29 bits per heavy atom. The van der Waals surface area contributed by atoms with E-state index in [1.54, 1.807) is 25.3 Å². The molecule has 0 radical (unpaired) electrons. The number of nitriles is 1. The Kier molecular flexibility index (Phi) is 4.83. The zero-order valence-corrected chi connectivity index (χ0v) is 11.9. The molecule has 0 unspecified atom stereocenters. The van der Waals surface area contributed by atoms with E-state index in [1.807, 2.05) is 0 Å². The van der Waals surface area contributed by atoms with Crippen LogP contribution in [0, 0.1) is 16.7 Å². The molecule has 0 aliphatic rings. The molecule has 0 spiro atoms. The number of benzene rings is 1. The highest BCUT2D eigenvalue weighted by atomic mass is 79.9. The van der Waals surface area contributed by atoms with Crippen molar-refractivity contribution < 1.29 is 9.47 Å². The van der Waals surface area contributed by atoms with E-state index in [0.717, 1.165) is 5.33 Å². The Morgan fingerprint density at radius 3 is 2.47 bits per heavy atom. The summed E-state index contributed by atoms with van der Waals surface area (Å²) in [4.78, 5) is 0. The summed E-state index contributed by atoms with van der Waals surface area (Å²) in [6, 6.07) is 7.26. The van der Waals surface area contributed by atoms with E-state index in [1.165, 1.54) is 0 Å². The van der Waals surface area contributed by atoms with Crippen LogP contribution in [0.25, 0.3) is 0 Å². The van der Waals surface area contributed by atoms with Crippen LogP contribution in [0.3, 0.4) is 0 Å². The van der Waals surface area contributed by atoms with E-state index in [9.17, 15) is 0 Å². The van der Waals surface area contributed by atoms with Gasteiger partial charge < -0.3 is 9.47 Å². The van der Waals surface area contributed by atoms with Gasteiger partial charge in [0.05, 0.1) is 25.3 Å². The molecule has 0 saturated carbocycles. The summed E-state index contributed by atoms with van der Waals surface area (Å²) in [6.07, 6.45) is 0. The van der Waals surface area contributed by atoms with Crippen molar-refractivity contribution in [1.82, 2.24) is 0 Å². The number of halogens is 1. The molecule has 0 bridgehead atoms. The van der Waals surface area contributed by atoms with Crippen LogP contribution in [0.15, 0.2) is 18.2 Å². The molecule has 0 atom stereocenters. The summed E-state index contributed by atoms with van der Waals surface area (Å²) in [7, 11) is 1.57. The van der Waals surface area contributed by atoms with Gasteiger partial charge in [-0.15, -0.1) is 0 Å². The second kappa shape index (κ2) is 5.92. The van der Waals surface area contributed by atoms with Crippen LogP contribution in [-0.2, 0) is 0 Å². The standard InChI is InChI=1S/C13H16BrNO2/c1-13(2,8-14)9-17-12-5-10(7-15)4-11(6-12)16-3/h4-6H,8-9H2,1-3H3. The van der Waals surface area contributed by atoms with Gasteiger partial charge in [0.1, 0.15) is 11.5 Å². The Labute approximate surface area is 110 Å². The van der Waals surface area contributed by atoms with Crippen molar-refractivity contribution in [3.05, 3.63) is 23.8 Å². The summed E-state index contributed by atoms with van der Waals surface area (Å²) in [6.45, 7) is 4.79. The third kappa shape index (κ3) is 4.27. The molecule has 0 heterocycles.